The van der Waals surface area contributed by atoms with E-state index in [2.05, 4.69) is 16.0 Å². The van der Waals surface area contributed by atoms with Crippen molar-refractivity contribution >= 4 is 29.3 Å². The van der Waals surface area contributed by atoms with E-state index >= 15 is 0 Å². The van der Waals surface area contributed by atoms with Gasteiger partial charge < -0.3 is 20.9 Å². The fourth-order valence-corrected chi connectivity index (χ4v) is 4.81. The SMILES string of the molecule is CCCCN(C)C(=O)[C@@H](NC(=O)CNC(=O)c1ccc(NC(=O)c2ccccc2-c2ccc(C(F)(F)F)cc2)cc1)c1ccccc1. The highest BCUT2D eigenvalue weighted by atomic mass is 19.4. The summed E-state index contributed by atoms with van der Waals surface area (Å²) in [5.41, 5.74) is 1.60. The highest BCUT2D eigenvalue weighted by molar-refractivity contribution is 6.09. The highest BCUT2D eigenvalue weighted by Gasteiger charge is 2.30. The third kappa shape index (κ3) is 9.29. The van der Waals surface area contributed by atoms with Crippen LogP contribution in [0.3, 0.4) is 0 Å². The van der Waals surface area contributed by atoms with E-state index in [1.165, 1.54) is 36.4 Å². The quantitative estimate of drug-likeness (QED) is 0.164. The maximum atomic E-state index is 13.1. The Morgan fingerprint density at radius 3 is 2.06 bits per heavy atom. The number of carbonyl (C=O) groups excluding carboxylic acids is 4. The Hall–Kier alpha value is -5.45. The number of alkyl halides is 3. The summed E-state index contributed by atoms with van der Waals surface area (Å²) in [5.74, 6) is -1.82. The maximum absolute atomic E-state index is 13.1. The monoisotopic (exact) mass is 644 g/mol. The second-order valence-corrected chi connectivity index (χ2v) is 10.9. The van der Waals surface area contributed by atoms with Crippen molar-refractivity contribution in [2.75, 3.05) is 25.5 Å². The molecule has 1 atom stereocenters. The summed E-state index contributed by atoms with van der Waals surface area (Å²) in [7, 11) is 1.69. The molecule has 47 heavy (non-hydrogen) atoms. The van der Waals surface area contributed by atoms with Crippen LogP contribution in [0.1, 0.15) is 57.7 Å². The van der Waals surface area contributed by atoms with Gasteiger partial charge in [0.05, 0.1) is 12.1 Å². The van der Waals surface area contributed by atoms with Crippen molar-refractivity contribution in [2.45, 2.75) is 32.0 Å². The standard InChI is InChI=1S/C36H35F3N4O4/c1-3-4-22-43(2)35(47)32(25-10-6-5-7-11-25)42-31(44)23-40-33(45)26-16-20-28(21-17-26)41-34(46)30-13-9-8-12-29(30)24-14-18-27(19-15-24)36(37,38)39/h5-21,32H,3-4,22-23H2,1-2H3,(H,40,45)(H,41,46)(H,42,44)/t32-/m0/s1. The number of unbranched alkanes of at least 4 members (excludes halogenated alkanes) is 1. The van der Waals surface area contributed by atoms with Gasteiger partial charge >= 0.3 is 6.18 Å². The number of likely N-dealkylation sites (N-methyl/N-ethyl adjacent to an activating group) is 1. The lowest BCUT2D eigenvalue weighted by atomic mass is 9.98. The van der Waals surface area contributed by atoms with Crippen LogP contribution in [0, 0.1) is 0 Å². The second-order valence-electron chi connectivity index (χ2n) is 10.9. The Kier molecular flexibility index (Phi) is 11.5. The van der Waals surface area contributed by atoms with Crippen LogP contribution in [0.4, 0.5) is 18.9 Å². The molecule has 244 valence electrons. The van der Waals surface area contributed by atoms with Crippen molar-refractivity contribution in [2.24, 2.45) is 0 Å². The molecule has 0 spiro atoms. The van der Waals surface area contributed by atoms with E-state index in [1.807, 2.05) is 13.0 Å². The zero-order chi connectivity index (χ0) is 34.0. The number of anilines is 1. The van der Waals surface area contributed by atoms with Gasteiger partial charge in [-0.15, -0.1) is 0 Å². The summed E-state index contributed by atoms with van der Waals surface area (Å²) in [6.07, 6.45) is -2.73. The highest BCUT2D eigenvalue weighted by Crippen LogP contribution is 2.32. The fourth-order valence-electron chi connectivity index (χ4n) is 4.81. The van der Waals surface area contributed by atoms with E-state index in [9.17, 15) is 32.3 Å². The number of benzene rings is 4. The van der Waals surface area contributed by atoms with Gasteiger partial charge in [-0.2, -0.15) is 13.2 Å². The Morgan fingerprint density at radius 1 is 0.787 bits per heavy atom. The molecular formula is C36H35F3N4O4. The Labute approximate surface area is 271 Å². The molecule has 0 radical (unpaired) electrons. The van der Waals surface area contributed by atoms with Crippen LogP contribution in [-0.2, 0) is 15.8 Å². The van der Waals surface area contributed by atoms with Gasteiger partial charge in [-0.25, -0.2) is 0 Å². The first kappa shape index (κ1) is 34.4. The summed E-state index contributed by atoms with van der Waals surface area (Å²) < 4.78 is 39.0. The lowest BCUT2D eigenvalue weighted by Crippen LogP contribution is -2.45. The molecule has 4 amide bonds. The molecule has 0 aromatic heterocycles. The Balaban J connectivity index is 1.36. The molecule has 11 heteroatoms. The normalized spacial score (nSPS) is 11.7. The van der Waals surface area contributed by atoms with Gasteiger partial charge in [0.2, 0.25) is 11.8 Å². The van der Waals surface area contributed by atoms with Crippen molar-refractivity contribution < 1.29 is 32.3 Å². The molecule has 0 fully saturated rings. The average molecular weight is 645 g/mol. The molecule has 3 N–H and O–H groups in total. The molecule has 0 saturated carbocycles. The smallest absolute Gasteiger partial charge is 0.344 e. The molecule has 4 aromatic rings. The zero-order valence-electron chi connectivity index (χ0n) is 25.9. The van der Waals surface area contributed by atoms with Gasteiger partial charge in [-0.1, -0.05) is 74.0 Å². The molecule has 4 aromatic carbocycles. The van der Waals surface area contributed by atoms with E-state index in [-0.39, 0.29) is 23.6 Å². The zero-order valence-corrected chi connectivity index (χ0v) is 25.9. The lowest BCUT2D eigenvalue weighted by molar-refractivity contribution is -0.137. The maximum Gasteiger partial charge on any atom is 0.416 e. The van der Waals surface area contributed by atoms with E-state index in [4.69, 9.17) is 0 Å². The van der Waals surface area contributed by atoms with Gasteiger partial charge in [-0.3, -0.25) is 19.2 Å². The first-order valence-electron chi connectivity index (χ1n) is 15.0. The third-order valence-corrected chi connectivity index (χ3v) is 7.42. The summed E-state index contributed by atoms with van der Waals surface area (Å²) in [5, 5.41) is 8.02. The summed E-state index contributed by atoms with van der Waals surface area (Å²) in [4.78, 5) is 53.4. The Bertz CT molecular complexity index is 1690. The van der Waals surface area contributed by atoms with E-state index in [0.29, 0.717) is 28.9 Å². The van der Waals surface area contributed by atoms with Crippen LogP contribution in [0.5, 0.6) is 0 Å². The van der Waals surface area contributed by atoms with E-state index in [1.54, 1.807) is 60.5 Å². The van der Waals surface area contributed by atoms with Gasteiger partial charge in [0, 0.05) is 30.4 Å². The molecule has 0 aliphatic rings. The number of amides is 4. The van der Waals surface area contributed by atoms with Crippen LogP contribution < -0.4 is 16.0 Å². The first-order valence-corrected chi connectivity index (χ1v) is 15.0. The minimum atomic E-state index is -4.47. The molecular weight excluding hydrogens is 609 g/mol. The number of rotatable bonds is 12. The van der Waals surface area contributed by atoms with Gasteiger partial charge in [0.1, 0.15) is 6.04 Å². The molecule has 0 saturated heterocycles. The largest absolute Gasteiger partial charge is 0.416 e. The number of carbonyl (C=O) groups is 4. The van der Waals surface area contributed by atoms with Crippen molar-refractivity contribution in [3.8, 4) is 11.1 Å². The summed E-state index contributed by atoms with van der Waals surface area (Å²) >= 11 is 0. The average Bonchev–Trinajstić information content (AvgIpc) is 3.08. The van der Waals surface area contributed by atoms with Crippen molar-refractivity contribution in [3.63, 3.8) is 0 Å². The fraction of sp³-hybridized carbons (Fsp3) is 0.222. The van der Waals surface area contributed by atoms with Crippen LogP contribution in [0.2, 0.25) is 0 Å². The number of nitrogens with one attached hydrogen (secondary N) is 3. The van der Waals surface area contributed by atoms with Crippen molar-refractivity contribution in [1.82, 2.24) is 15.5 Å². The molecule has 0 aliphatic carbocycles. The van der Waals surface area contributed by atoms with Gasteiger partial charge in [-0.05, 0) is 65.6 Å². The number of nitrogens with zero attached hydrogens (tertiary/aromatic N) is 1. The molecule has 4 rings (SSSR count). The number of halogens is 3. The molecule has 8 nitrogen and oxygen atoms in total. The van der Waals surface area contributed by atoms with Crippen molar-refractivity contribution in [3.05, 3.63) is 125 Å². The third-order valence-electron chi connectivity index (χ3n) is 7.42. The topological polar surface area (TPSA) is 108 Å². The minimum Gasteiger partial charge on any atom is -0.344 e. The molecule has 0 heterocycles. The van der Waals surface area contributed by atoms with Crippen LogP contribution >= 0.6 is 0 Å². The van der Waals surface area contributed by atoms with Gasteiger partial charge in [0.15, 0.2) is 0 Å². The van der Waals surface area contributed by atoms with Crippen LogP contribution in [0.25, 0.3) is 11.1 Å². The number of hydrogen-bond acceptors (Lipinski definition) is 4. The predicted octanol–water partition coefficient (Wildman–Crippen LogP) is 6.47. The molecule has 0 bridgehead atoms. The summed E-state index contributed by atoms with van der Waals surface area (Å²) in [6.45, 7) is 2.21. The first-order chi connectivity index (χ1) is 22.5. The Morgan fingerprint density at radius 2 is 1.43 bits per heavy atom. The summed E-state index contributed by atoms with van der Waals surface area (Å²) in [6, 6.07) is 25.0. The van der Waals surface area contributed by atoms with Crippen molar-refractivity contribution in [1.29, 1.82) is 0 Å². The minimum absolute atomic E-state index is 0.232. The predicted molar refractivity (Wildman–Crippen MR) is 173 cm³/mol. The van der Waals surface area contributed by atoms with E-state index in [0.717, 1.165) is 25.0 Å². The number of hydrogen-bond donors (Lipinski definition) is 3. The van der Waals surface area contributed by atoms with Crippen LogP contribution in [0.15, 0.2) is 103 Å². The second kappa shape index (κ2) is 15.7. The molecule has 0 aliphatic heterocycles. The van der Waals surface area contributed by atoms with Crippen LogP contribution in [-0.4, -0.2) is 48.7 Å². The van der Waals surface area contributed by atoms with Gasteiger partial charge in [0.25, 0.3) is 11.8 Å². The molecule has 0 unspecified atom stereocenters. The lowest BCUT2D eigenvalue weighted by Gasteiger charge is -2.25. The van der Waals surface area contributed by atoms with E-state index < -0.39 is 35.5 Å².